The minimum atomic E-state index is -0.545. The van der Waals surface area contributed by atoms with Crippen molar-refractivity contribution in [3.63, 3.8) is 0 Å². The Hall–Kier alpha value is -1.12. The van der Waals surface area contributed by atoms with E-state index in [4.69, 9.17) is 4.74 Å². The van der Waals surface area contributed by atoms with Crippen molar-refractivity contribution in [1.82, 2.24) is 0 Å². The van der Waals surface area contributed by atoms with Crippen molar-refractivity contribution in [1.29, 1.82) is 0 Å². The second kappa shape index (κ2) is 3.32. The molecule has 0 atom stereocenters. The summed E-state index contributed by atoms with van der Waals surface area (Å²) in [6.45, 7) is 5.33. The van der Waals surface area contributed by atoms with Gasteiger partial charge in [0.05, 0.1) is 0 Å². The van der Waals surface area contributed by atoms with Gasteiger partial charge >= 0.3 is 0 Å². The molecular formula is C10H12F2O. The predicted molar refractivity (Wildman–Crippen MR) is 46.7 cm³/mol. The van der Waals surface area contributed by atoms with Crippen molar-refractivity contribution in [2.24, 2.45) is 0 Å². The van der Waals surface area contributed by atoms with Crippen LogP contribution in [0.4, 0.5) is 8.78 Å². The van der Waals surface area contributed by atoms with Gasteiger partial charge in [0.25, 0.3) is 0 Å². The van der Waals surface area contributed by atoms with Crippen LogP contribution >= 0.6 is 0 Å². The van der Waals surface area contributed by atoms with E-state index >= 15 is 0 Å². The highest BCUT2D eigenvalue weighted by Gasteiger charge is 2.15. The standard InChI is InChI=1S/C10H12F2O/c1-10(2,3)13-9-6-7(11)4-5-8(9)12/h4-6H,1-3H3. The van der Waals surface area contributed by atoms with E-state index in [1.54, 1.807) is 20.8 Å². The van der Waals surface area contributed by atoms with E-state index in [0.717, 1.165) is 18.2 Å². The topological polar surface area (TPSA) is 9.23 Å². The van der Waals surface area contributed by atoms with Gasteiger partial charge in [-0.1, -0.05) is 0 Å². The molecule has 13 heavy (non-hydrogen) atoms. The Kier molecular flexibility index (Phi) is 2.55. The molecule has 0 saturated carbocycles. The fraction of sp³-hybridized carbons (Fsp3) is 0.400. The number of halogens is 2. The summed E-state index contributed by atoms with van der Waals surface area (Å²) in [6, 6.07) is 3.15. The molecule has 1 aromatic carbocycles. The van der Waals surface area contributed by atoms with Crippen molar-refractivity contribution < 1.29 is 13.5 Å². The van der Waals surface area contributed by atoms with E-state index < -0.39 is 17.2 Å². The van der Waals surface area contributed by atoms with Gasteiger partial charge in [0.2, 0.25) is 0 Å². The van der Waals surface area contributed by atoms with Crippen LogP contribution in [0.1, 0.15) is 20.8 Å². The third-order valence-corrected chi connectivity index (χ3v) is 1.31. The first-order valence-electron chi connectivity index (χ1n) is 4.02. The number of ether oxygens (including phenoxy) is 1. The number of benzene rings is 1. The zero-order valence-corrected chi connectivity index (χ0v) is 7.90. The number of hydrogen-bond acceptors (Lipinski definition) is 1. The van der Waals surface area contributed by atoms with Crippen molar-refractivity contribution in [3.05, 3.63) is 29.8 Å². The fourth-order valence-electron chi connectivity index (χ4n) is 0.885. The highest BCUT2D eigenvalue weighted by Crippen LogP contribution is 2.22. The minimum Gasteiger partial charge on any atom is -0.485 e. The van der Waals surface area contributed by atoms with Crippen LogP contribution in [0.3, 0.4) is 0 Å². The van der Waals surface area contributed by atoms with Gasteiger partial charge in [-0.2, -0.15) is 0 Å². The average Bonchev–Trinajstić information content (AvgIpc) is 1.94. The SMILES string of the molecule is CC(C)(C)Oc1cc(F)ccc1F. The number of rotatable bonds is 1. The van der Waals surface area contributed by atoms with Crippen molar-refractivity contribution in [3.8, 4) is 5.75 Å². The maximum absolute atomic E-state index is 13.0. The molecule has 72 valence electrons. The molecule has 3 heteroatoms. The molecule has 0 aromatic heterocycles. The Bertz CT molecular complexity index is 302. The van der Waals surface area contributed by atoms with Crippen LogP contribution in [0, 0.1) is 11.6 Å². The second-order valence-corrected chi connectivity index (χ2v) is 3.79. The molecule has 0 aliphatic heterocycles. The first kappa shape index (κ1) is 9.96. The lowest BCUT2D eigenvalue weighted by atomic mass is 10.2. The molecule has 1 aromatic rings. The molecule has 0 spiro atoms. The van der Waals surface area contributed by atoms with Crippen LogP contribution in [-0.4, -0.2) is 5.60 Å². The summed E-state index contributed by atoms with van der Waals surface area (Å²) in [7, 11) is 0. The van der Waals surface area contributed by atoms with Crippen LogP contribution < -0.4 is 4.74 Å². The Morgan fingerprint density at radius 3 is 2.31 bits per heavy atom. The molecular weight excluding hydrogens is 174 g/mol. The van der Waals surface area contributed by atoms with Crippen LogP contribution in [0.5, 0.6) is 5.75 Å². The number of hydrogen-bond donors (Lipinski definition) is 0. The van der Waals surface area contributed by atoms with Crippen molar-refractivity contribution in [2.45, 2.75) is 26.4 Å². The third kappa shape index (κ3) is 3.01. The second-order valence-electron chi connectivity index (χ2n) is 3.79. The summed E-state index contributed by atoms with van der Waals surface area (Å²) < 4.78 is 30.9. The van der Waals surface area contributed by atoms with Crippen LogP contribution in [0.15, 0.2) is 18.2 Å². The summed E-state index contributed by atoms with van der Waals surface area (Å²) in [5, 5.41) is 0. The van der Waals surface area contributed by atoms with Crippen molar-refractivity contribution >= 4 is 0 Å². The maximum Gasteiger partial charge on any atom is 0.165 e. The first-order chi connectivity index (χ1) is 5.88. The molecule has 0 radical (unpaired) electrons. The van der Waals surface area contributed by atoms with Gasteiger partial charge in [-0.3, -0.25) is 0 Å². The monoisotopic (exact) mass is 186 g/mol. The Labute approximate surface area is 76.3 Å². The molecule has 1 rings (SSSR count). The van der Waals surface area contributed by atoms with Crippen molar-refractivity contribution in [2.75, 3.05) is 0 Å². The first-order valence-corrected chi connectivity index (χ1v) is 4.02. The van der Waals surface area contributed by atoms with Crippen LogP contribution in [-0.2, 0) is 0 Å². The van der Waals surface area contributed by atoms with Gasteiger partial charge < -0.3 is 4.74 Å². The van der Waals surface area contributed by atoms with E-state index in [1.165, 1.54) is 0 Å². The van der Waals surface area contributed by atoms with E-state index in [1.807, 2.05) is 0 Å². The Morgan fingerprint density at radius 2 is 1.77 bits per heavy atom. The van der Waals surface area contributed by atoms with Gasteiger partial charge in [-0.05, 0) is 32.9 Å². The van der Waals surface area contributed by atoms with E-state index in [-0.39, 0.29) is 5.75 Å². The fourth-order valence-corrected chi connectivity index (χ4v) is 0.885. The third-order valence-electron chi connectivity index (χ3n) is 1.31. The molecule has 0 aliphatic rings. The van der Waals surface area contributed by atoms with Crippen LogP contribution in [0.2, 0.25) is 0 Å². The molecule has 0 bridgehead atoms. The lowest BCUT2D eigenvalue weighted by molar-refractivity contribution is 0.124. The maximum atomic E-state index is 13.0. The van der Waals surface area contributed by atoms with E-state index in [9.17, 15) is 8.78 Å². The smallest absolute Gasteiger partial charge is 0.165 e. The lowest BCUT2D eigenvalue weighted by Crippen LogP contribution is -2.23. The molecule has 0 saturated heterocycles. The molecule has 0 aliphatic carbocycles. The molecule has 1 nitrogen and oxygen atoms in total. The van der Waals surface area contributed by atoms with E-state index in [0.29, 0.717) is 0 Å². The van der Waals surface area contributed by atoms with Crippen LogP contribution in [0.25, 0.3) is 0 Å². The highest BCUT2D eigenvalue weighted by atomic mass is 19.1. The molecule has 0 heterocycles. The van der Waals surface area contributed by atoms with Gasteiger partial charge in [0.15, 0.2) is 11.6 Å². The summed E-state index contributed by atoms with van der Waals surface area (Å²) in [6.07, 6.45) is 0. The zero-order valence-electron chi connectivity index (χ0n) is 7.90. The summed E-state index contributed by atoms with van der Waals surface area (Å²) >= 11 is 0. The normalized spacial score (nSPS) is 11.5. The molecule has 0 unspecified atom stereocenters. The Balaban J connectivity index is 2.94. The van der Waals surface area contributed by atoms with Gasteiger partial charge in [-0.25, -0.2) is 8.78 Å². The summed E-state index contributed by atoms with van der Waals surface area (Å²) in [4.78, 5) is 0. The molecule has 0 fully saturated rings. The minimum absolute atomic E-state index is 0.0486. The molecule has 0 amide bonds. The molecule has 0 N–H and O–H groups in total. The highest BCUT2D eigenvalue weighted by molar-refractivity contribution is 5.25. The summed E-state index contributed by atoms with van der Waals surface area (Å²) in [5.74, 6) is -1.09. The lowest BCUT2D eigenvalue weighted by Gasteiger charge is -2.21. The largest absolute Gasteiger partial charge is 0.485 e. The quantitative estimate of drug-likeness (QED) is 0.654. The predicted octanol–water partition coefficient (Wildman–Crippen LogP) is 3.14. The Morgan fingerprint density at radius 1 is 1.15 bits per heavy atom. The average molecular weight is 186 g/mol. The van der Waals surface area contributed by atoms with Gasteiger partial charge in [-0.15, -0.1) is 0 Å². The van der Waals surface area contributed by atoms with Gasteiger partial charge in [0.1, 0.15) is 11.4 Å². The van der Waals surface area contributed by atoms with Gasteiger partial charge in [0, 0.05) is 6.07 Å². The van der Waals surface area contributed by atoms with E-state index in [2.05, 4.69) is 0 Å². The zero-order chi connectivity index (χ0) is 10.1. The summed E-state index contributed by atoms with van der Waals surface area (Å²) in [5.41, 5.74) is -0.519.